The molecule has 0 aromatic heterocycles. The summed E-state index contributed by atoms with van der Waals surface area (Å²) in [4.78, 5) is 10.7. The normalized spacial score (nSPS) is 18.1. The molecule has 6 heteroatoms. The number of hydrogen-bond acceptors (Lipinski definition) is 3. The number of nitrogens with one attached hydrogen (secondary N) is 1. The molecular formula is C6H8FNO3S. The molecule has 1 N–H and O–H groups in total. The predicted molar refractivity (Wildman–Crippen MR) is 41.1 cm³/mol. The minimum Gasteiger partial charge on any atom is -0.344 e. The number of hydrogen-bond donors (Lipinski definition) is 1. The van der Waals surface area contributed by atoms with Crippen LogP contribution in [0.3, 0.4) is 0 Å². The first-order valence-corrected chi connectivity index (χ1v) is 4.53. The first-order valence-electron chi connectivity index (χ1n) is 3.39. The van der Waals surface area contributed by atoms with Crippen molar-refractivity contribution in [3.05, 3.63) is 0 Å². The third kappa shape index (κ3) is 2.30. The summed E-state index contributed by atoms with van der Waals surface area (Å²) in [7, 11) is -2.51. The molecule has 1 aliphatic carbocycles. The van der Waals surface area contributed by atoms with Crippen LogP contribution < -0.4 is 5.32 Å². The molecule has 0 unspecified atom stereocenters. The number of amides is 1. The standard InChI is InChI=1S/C6H8FNO3S/c7-4-6(1-2-6)8-5(9)3-12(10)11/h3H,1-2,4H2,(H,8,9). The fourth-order valence-corrected chi connectivity index (χ4v) is 1.05. The van der Waals surface area contributed by atoms with Crippen molar-refractivity contribution in [2.75, 3.05) is 6.67 Å². The number of alkyl halides is 1. The van der Waals surface area contributed by atoms with Gasteiger partial charge in [0.15, 0.2) is 0 Å². The predicted octanol–water partition coefficient (Wildman–Crippen LogP) is -0.714. The first-order chi connectivity index (χ1) is 5.58. The Balaban J connectivity index is 2.53. The van der Waals surface area contributed by atoms with Gasteiger partial charge in [-0.2, -0.15) is 8.42 Å². The Morgan fingerprint density at radius 1 is 1.58 bits per heavy atom. The zero-order valence-corrected chi connectivity index (χ0v) is 7.03. The summed E-state index contributed by atoms with van der Waals surface area (Å²) in [5, 5.41) is 2.78. The zero-order chi connectivity index (χ0) is 9.19. The second-order valence-corrected chi connectivity index (χ2v) is 3.54. The maximum absolute atomic E-state index is 12.1. The van der Waals surface area contributed by atoms with E-state index < -0.39 is 28.4 Å². The third-order valence-corrected chi connectivity index (χ3v) is 2.11. The van der Waals surface area contributed by atoms with Crippen molar-refractivity contribution in [1.82, 2.24) is 5.32 Å². The van der Waals surface area contributed by atoms with Crippen molar-refractivity contribution in [2.24, 2.45) is 0 Å². The van der Waals surface area contributed by atoms with Crippen LogP contribution in [-0.2, 0) is 15.1 Å². The summed E-state index contributed by atoms with van der Waals surface area (Å²) < 4.78 is 32.1. The maximum Gasteiger partial charge on any atom is 0.260 e. The summed E-state index contributed by atoms with van der Waals surface area (Å²) >= 11 is 0. The van der Waals surface area contributed by atoms with Gasteiger partial charge in [-0.15, -0.1) is 0 Å². The Hall–Kier alpha value is -0.910. The van der Waals surface area contributed by atoms with Crippen LogP contribution >= 0.6 is 0 Å². The summed E-state index contributed by atoms with van der Waals surface area (Å²) in [6, 6.07) is 0. The molecule has 1 amide bonds. The van der Waals surface area contributed by atoms with Crippen LogP contribution in [0.1, 0.15) is 12.8 Å². The molecule has 0 radical (unpaired) electrons. The van der Waals surface area contributed by atoms with E-state index in [0.29, 0.717) is 18.2 Å². The monoisotopic (exact) mass is 193 g/mol. The van der Waals surface area contributed by atoms with E-state index in [9.17, 15) is 17.6 Å². The minimum absolute atomic E-state index is 0.496. The second kappa shape index (κ2) is 3.22. The SMILES string of the molecule is O=C(C=S(=O)=O)NC1(CF)CC1. The van der Waals surface area contributed by atoms with Crippen LogP contribution in [0.5, 0.6) is 0 Å². The van der Waals surface area contributed by atoms with E-state index in [-0.39, 0.29) is 0 Å². The average molecular weight is 193 g/mol. The van der Waals surface area contributed by atoms with Gasteiger partial charge in [-0.1, -0.05) is 0 Å². The van der Waals surface area contributed by atoms with Crippen LogP contribution in [0.15, 0.2) is 0 Å². The molecule has 1 fully saturated rings. The fraction of sp³-hybridized carbons (Fsp3) is 0.667. The van der Waals surface area contributed by atoms with Gasteiger partial charge in [-0.05, 0) is 12.8 Å². The highest BCUT2D eigenvalue weighted by molar-refractivity contribution is 7.73. The molecule has 68 valence electrons. The van der Waals surface area contributed by atoms with E-state index >= 15 is 0 Å². The fourth-order valence-electron chi connectivity index (χ4n) is 0.821. The Labute approximate surface area is 70.3 Å². The van der Waals surface area contributed by atoms with Gasteiger partial charge in [0.1, 0.15) is 12.0 Å². The summed E-state index contributed by atoms with van der Waals surface area (Å²) in [6.45, 7) is -0.641. The summed E-state index contributed by atoms with van der Waals surface area (Å²) in [5.41, 5.74) is -0.771. The van der Waals surface area contributed by atoms with Crippen LogP contribution in [0.4, 0.5) is 4.39 Å². The maximum atomic E-state index is 12.1. The largest absolute Gasteiger partial charge is 0.344 e. The number of halogens is 1. The van der Waals surface area contributed by atoms with Crippen molar-refractivity contribution in [3.63, 3.8) is 0 Å². The highest BCUT2D eigenvalue weighted by atomic mass is 32.2. The summed E-state index contributed by atoms with van der Waals surface area (Å²) in [5.74, 6) is -0.751. The van der Waals surface area contributed by atoms with Crippen LogP contribution in [-0.4, -0.2) is 31.9 Å². The van der Waals surface area contributed by atoms with Gasteiger partial charge in [0.2, 0.25) is 10.3 Å². The van der Waals surface area contributed by atoms with E-state index in [4.69, 9.17) is 0 Å². The van der Waals surface area contributed by atoms with E-state index in [1.54, 1.807) is 0 Å². The van der Waals surface area contributed by atoms with Gasteiger partial charge in [0.25, 0.3) is 5.91 Å². The van der Waals surface area contributed by atoms with Gasteiger partial charge in [-0.25, -0.2) is 4.39 Å². The Morgan fingerprint density at radius 3 is 2.50 bits per heavy atom. The number of carbonyl (C=O) groups is 1. The average Bonchev–Trinajstić information content (AvgIpc) is 2.67. The Bertz CT molecular complexity index is 310. The second-order valence-electron chi connectivity index (χ2n) is 2.78. The molecule has 1 aliphatic rings. The van der Waals surface area contributed by atoms with Crippen molar-refractivity contribution in [1.29, 1.82) is 0 Å². The van der Waals surface area contributed by atoms with Gasteiger partial charge in [-0.3, -0.25) is 4.79 Å². The van der Waals surface area contributed by atoms with Crippen molar-refractivity contribution in [2.45, 2.75) is 18.4 Å². The molecule has 0 aliphatic heterocycles. The van der Waals surface area contributed by atoms with Crippen LogP contribution in [0, 0.1) is 0 Å². The molecule has 0 saturated heterocycles. The molecule has 4 nitrogen and oxygen atoms in total. The van der Waals surface area contributed by atoms with Crippen molar-refractivity contribution < 1.29 is 17.6 Å². The molecule has 1 rings (SSSR count). The van der Waals surface area contributed by atoms with E-state index in [2.05, 4.69) is 5.32 Å². The summed E-state index contributed by atoms with van der Waals surface area (Å²) in [6.07, 6.45) is 1.16. The lowest BCUT2D eigenvalue weighted by Gasteiger charge is -2.09. The van der Waals surface area contributed by atoms with Crippen molar-refractivity contribution >= 4 is 21.6 Å². The van der Waals surface area contributed by atoms with Crippen LogP contribution in [0.2, 0.25) is 0 Å². The van der Waals surface area contributed by atoms with Gasteiger partial charge < -0.3 is 5.32 Å². The lowest BCUT2D eigenvalue weighted by Crippen LogP contribution is -2.39. The molecule has 0 spiro atoms. The Morgan fingerprint density at radius 2 is 2.17 bits per heavy atom. The zero-order valence-electron chi connectivity index (χ0n) is 6.21. The molecule has 0 atom stereocenters. The number of carbonyl (C=O) groups excluding carboxylic acids is 1. The number of rotatable bonds is 3. The topological polar surface area (TPSA) is 63.2 Å². The van der Waals surface area contributed by atoms with Gasteiger partial charge in [0.05, 0.1) is 5.54 Å². The highest BCUT2D eigenvalue weighted by Crippen LogP contribution is 2.35. The third-order valence-electron chi connectivity index (χ3n) is 1.70. The van der Waals surface area contributed by atoms with Crippen molar-refractivity contribution in [3.8, 4) is 0 Å². The molecule has 0 aromatic rings. The van der Waals surface area contributed by atoms with E-state index in [0.717, 1.165) is 0 Å². The molecule has 1 saturated carbocycles. The van der Waals surface area contributed by atoms with Gasteiger partial charge in [0, 0.05) is 0 Å². The molecule has 0 aromatic carbocycles. The smallest absolute Gasteiger partial charge is 0.260 e. The van der Waals surface area contributed by atoms with Gasteiger partial charge >= 0.3 is 0 Å². The lowest BCUT2D eigenvalue weighted by molar-refractivity contribution is -0.115. The molecule has 0 heterocycles. The molecule has 0 bridgehead atoms. The lowest BCUT2D eigenvalue weighted by atomic mass is 10.3. The first kappa shape index (κ1) is 9.18. The molecular weight excluding hydrogens is 185 g/mol. The van der Waals surface area contributed by atoms with Crippen LogP contribution in [0.25, 0.3) is 0 Å². The highest BCUT2D eigenvalue weighted by Gasteiger charge is 2.43. The quantitative estimate of drug-likeness (QED) is 0.602. The van der Waals surface area contributed by atoms with E-state index in [1.165, 1.54) is 0 Å². The van der Waals surface area contributed by atoms with E-state index in [1.807, 2.05) is 0 Å². The molecule has 12 heavy (non-hydrogen) atoms. The minimum atomic E-state index is -2.51. The Kier molecular flexibility index (Phi) is 2.46.